The summed E-state index contributed by atoms with van der Waals surface area (Å²) in [4.78, 5) is 15.3. The number of nitrogens with zero attached hydrogens (tertiary/aromatic N) is 1. The van der Waals surface area contributed by atoms with Crippen LogP contribution in [0.3, 0.4) is 0 Å². The molecule has 5 fully saturated rings. The van der Waals surface area contributed by atoms with E-state index in [0.717, 1.165) is 30.8 Å². The summed E-state index contributed by atoms with van der Waals surface area (Å²) in [5.74, 6) is 3.02. The first-order valence-electron chi connectivity index (χ1n) is 8.49. The Bertz CT molecular complexity index is 374. The summed E-state index contributed by atoms with van der Waals surface area (Å²) in [6.45, 7) is 5.78. The molecule has 3 nitrogen and oxygen atoms in total. The summed E-state index contributed by atoms with van der Waals surface area (Å²) in [6.07, 6.45) is 8.13. The predicted octanol–water partition coefficient (Wildman–Crippen LogP) is 2.84. The fourth-order valence-corrected chi connectivity index (χ4v) is 6.05. The maximum Gasteiger partial charge on any atom is 0.228 e. The first-order chi connectivity index (χ1) is 9.54. The minimum absolute atomic E-state index is 0.0194. The van der Waals surface area contributed by atoms with E-state index in [2.05, 4.69) is 18.7 Å². The third kappa shape index (κ3) is 2.01. The molecule has 0 aromatic rings. The van der Waals surface area contributed by atoms with Crippen molar-refractivity contribution in [1.82, 2.24) is 4.90 Å². The van der Waals surface area contributed by atoms with Crippen molar-refractivity contribution in [1.29, 1.82) is 0 Å². The molecule has 0 aromatic heterocycles. The number of hydrogen-bond donors (Lipinski definition) is 0. The monoisotopic (exact) mass is 277 g/mol. The van der Waals surface area contributed by atoms with Gasteiger partial charge in [0, 0.05) is 13.1 Å². The first-order valence-corrected chi connectivity index (χ1v) is 8.49. The van der Waals surface area contributed by atoms with Gasteiger partial charge in [-0.05, 0) is 70.1 Å². The molecular formula is C17H27NO2. The second-order valence-corrected chi connectivity index (χ2v) is 8.17. The highest BCUT2D eigenvalue weighted by molar-refractivity contribution is 5.83. The number of ether oxygens (including phenoxy) is 1. The standard InChI is InChI=1S/C17H27NO2/c1-11-9-18(10-12(2)20-11)16(19)17-6-13-3-14(7-17)5-15(4-13)8-17/h11-15H,3-10H2,1-2H3. The average Bonchev–Trinajstić information content (AvgIpc) is 2.35. The van der Waals surface area contributed by atoms with Crippen molar-refractivity contribution in [2.75, 3.05) is 13.1 Å². The normalized spacial score (nSPS) is 50.5. The van der Waals surface area contributed by atoms with Crippen molar-refractivity contribution in [2.45, 2.75) is 64.6 Å². The molecule has 2 atom stereocenters. The fourth-order valence-electron chi connectivity index (χ4n) is 6.05. The van der Waals surface area contributed by atoms with Crippen molar-refractivity contribution in [3.63, 3.8) is 0 Å². The second-order valence-electron chi connectivity index (χ2n) is 8.17. The Morgan fingerprint density at radius 2 is 1.40 bits per heavy atom. The number of morpholine rings is 1. The lowest BCUT2D eigenvalue weighted by Crippen LogP contribution is -2.58. The van der Waals surface area contributed by atoms with Gasteiger partial charge in [0.2, 0.25) is 5.91 Å². The minimum Gasteiger partial charge on any atom is -0.372 e. The van der Waals surface area contributed by atoms with E-state index >= 15 is 0 Å². The summed E-state index contributed by atoms with van der Waals surface area (Å²) in [6, 6.07) is 0. The van der Waals surface area contributed by atoms with Crippen LogP contribution in [0.4, 0.5) is 0 Å². The topological polar surface area (TPSA) is 29.5 Å². The van der Waals surface area contributed by atoms with Crippen LogP contribution in [0.2, 0.25) is 0 Å². The Morgan fingerprint density at radius 3 is 1.85 bits per heavy atom. The molecule has 1 aliphatic heterocycles. The molecule has 3 heteroatoms. The molecule has 112 valence electrons. The highest BCUT2D eigenvalue weighted by Gasteiger charge is 2.55. The molecule has 20 heavy (non-hydrogen) atoms. The minimum atomic E-state index is 0.0194. The third-order valence-corrected chi connectivity index (χ3v) is 6.20. The van der Waals surface area contributed by atoms with E-state index in [4.69, 9.17) is 4.74 Å². The van der Waals surface area contributed by atoms with Gasteiger partial charge < -0.3 is 9.64 Å². The Kier molecular flexibility index (Phi) is 2.93. The van der Waals surface area contributed by atoms with Gasteiger partial charge in [-0.15, -0.1) is 0 Å². The Balaban J connectivity index is 1.56. The quantitative estimate of drug-likeness (QED) is 0.737. The molecule has 5 rings (SSSR count). The molecule has 1 saturated heterocycles. The van der Waals surface area contributed by atoms with E-state index in [1.165, 1.54) is 38.5 Å². The SMILES string of the molecule is CC1CN(C(=O)C23CC4CC(CC(C4)C2)C3)CC(C)O1. The van der Waals surface area contributed by atoms with Crippen molar-refractivity contribution < 1.29 is 9.53 Å². The van der Waals surface area contributed by atoms with Crippen LogP contribution < -0.4 is 0 Å². The van der Waals surface area contributed by atoms with Crippen LogP contribution >= 0.6 is 0 Å². The lowest BCUT2D eigenvalue weighted by atomic mass is 9.49. The zero-order valence-corrected chi connectivity index (χ0v) is 12.8. The number of amides is 1. The lowest BCUT2D eigenvalue weighted by molar-refractivity contribution is -0.167. The molecule has 1 amide bonds. The van der Waals surface area contributed by atoms with Gasteiger partial charge in [0.1, 0.15) is 0 Å². The molecule has 4 aliphatic carbocycles. The van der Waals surface area contributed by atoms with Crippen LogP contribution in [-0.4, -0.2) is 36.1 Å². The van der Waals surface area contributed by atoms with E-state index in [1.54, 1.807) is 0 Å². The largest absolute Gasteiger partial charge is 0.372 e. The van der Waals surface area contributed by atoms with Gasteiger partial charge in [0.05, 0.1) is 17.6 Å². The van der Waals surface area contributed by atoms with Gasteiger partial charge in [-0.2, -0.15) is 0 Å². The molecule has 0 spiro atoms. The van der Waals surface area contributed by atoms with E-state index in [0.29, 0.717) is 5.91 Å². The molecule has 2 unspecified atom stereocenters. The number of hydrogen-bond acceptors (Lipinski definition) is 2. The van der Waals surface area contributed by atoms with Crippen molar-refractivity contribution in [3.05, 3.63) is 0 Å². The Labute approximate surface area is 122 Å². The van der Waals surface area contributed by atoms with Crippen LogP contribution in [0.15, 0.2) is 0 Å². The maximum atomic E-state index is 13.2. The van der Waals surface area contributed by atoms with Crippen molar-refractivity contribution in [3.8, 4) is 0 Å². The second kappa shape index (κ2) is 4.46. The van der Waals surface area contributed by atoms with Crippen LogP contribution in [-0.2, 0) is 9.53 Å². The highest BCUT2D eigenvalue weighted by atomic mass is 16.5. The van der Waals surface area contributed by atoms with Gasteiger partial charge in [-0.25, -0.2) is 0 Å². The van der Waals surface area contributed by atoms with E-state index in [9.17, 15) is 4.79 Å². The zero-order chi connectivity index (χ0) is 13.9. The highest BCUT2D eigenvalue weighted by Crippen LogP contribution is 2.60. The summed E-state index contributed by atoms with van der Waals surface area (Å²) in [5.41, 5.74) is 0.0194. The van der Waals surface area contributed by atoms with Gasteiger partial charge in [-0.1, -0.05) is 0 Å². The molecule has 4 saturated carbocycles. The molecule has 4 bridgehead atoms. The predicted molar refractivity (Wildman–Crippen MR) is 77.2 cm³/mol. The molecule has 0 aromatic carbocycles. The van der Waals surface area contributed by atoms with Crippen LogP contribution in [0.25, 0.3) is 0 Å². The summed E-state index contributed by atoms with van der Waals surface area (Å²) in [7, 11) is 0. The summed E-state index contributed by atoms with van der Waals surface area (Å²) < 4.78 is 5.79. The van der Waals surface area contributed by atoms with Crippen molar-refractivity contribution >= 4 is 5.91 Å². The molecular weight excluding hydrogens is 250 g/mol. The van der Waals surface area contributed by atoms with Gasteiger partial charge in [0.15, 0.2) is 0 Å². The van der Waals surface area contributed by atoms with Crippen LogP contribution in [0.5, 0.6) is 0 Å². The number of carbonyl (C=O) groups is 1. The lowest BCUT2D eigenvalue weighted by Gasteiger charge is -2.57. The summed E-state index contributed by atoms with van der Waals surface area (Å²) >= 11 is 0. The summed E-state index contributed by atoms with van der Waals surface area (Å²) in [5, 5.41) is 0. The Morgan fingerprint density at radius 1 is 0.950 bits per heavy atom. The third-order valence-electron chi connectivity index (χ3n) is 6.20. The average molecular weight is 277 g/mol. The van der Waals surface area contributed by atoms with E-state index in [1.807, 2.05) is 0 Å². The maximum absolute atomic E-state index is 13.2. The van der Waals surface area contributed by atoms with Gasteiger partial charge >= 0.3 is 0 Å². The molecule has 0 radical (unpaired) electrons. The molecule has 0 N–H and O–H groups in total. The Hall–Kier alpha value is -0.570. The van der Waals surface area contributed by atoms with E-state index in [-0.39, 0.29) is 17.6 Å². The van der Waals surface area contributed by atoms with Gasteiger partial charge in [-0.3, -0.25) is 4.79 Å². The van der Waals surface area contributed by atoms with Crippen molar-refractivity contribution in [2.24, 2.45) is 23.2 Å². The number of carbonyl (C=O) groups excluding carboxylic acids is 1. The van der Waals surface area contributed by atoms with Gasteiger partial charge in [0.25, 0.3) is 0 Å². The molecule has 1 heterocycles. The zero-order valence-electron chi connectivity index (χ0n) is 12.8. The number of rotatable bonds is 1. The van der Waals surface area contributed by atoms with Crippen LogP contribution in [0, 0.1) is 23.2 Å². The van der Waals surface area contributed by atoms with Crippen LogP contribution in [0.1, 0.15) is 52.4 Å². The fraction of sp³-hybridized carbons (Fsp3) is 0.941. The smallest absolute Gasteiger partial charge is 0.228 e. The first kappa shape index (κ1) is 13.1. The van der Waals surface area contributed by atoms with E-state index < -0.39 is 0 Å². The molecule has 5 aliphatic rings.